The van der Waals surface area contributed by atoms with E-state index in [0.717, 1.165) is 37.2 Å². The Morgan fingerprint density at radius 2 is 1.71 bits per heavy atom. The van der Waals surface area contributed by atoms with Crippen LogP contribution in [0.3, 0.4) is 0 Å². The topological polar surface area (TPSA) is 106 Å². The molecule has 34 heavy (non-hydrogen) atoms. The molecule has 4 heterocycles. The predicted octanol–water partition coefficient (Wildman–Crippen LogP) is 4.04. The van der Waals surface area contributed by atoms with Crippen molar-refractivity contribution in [3.8, 4) is 11.5 Å². The van der Waals surface area contributed by atoms with Crippen LogP contribution in [0.25, 0.3) is 11.5 Å². The summed E-state index contributed by atoms with van der Waals surface area (Å²) in [6, 6.07) is 5.15. The summed E-state index contributed by atoms with van der Waals surface area (Å²) in [7, 11) is 0. The van der Waals surface area contributed by atoms with Gasteiger partial charge in [0, 0.05) is 31.0 Å². The highest BCUT2D eigenvalue weighted by atomic mass is 19.4. The number of piperidine rings is 1. The maximum Gasteiger partial charge on any atom is 0.433 e. The van der Waals surface area contributed by atoms with Gasteiger partial charge in [-0.25, -0.2) is 4.98 Å². The third kappa shape index (κ3) is 5.50. The Hall–Kier alpha value is -3.55. The highest BCUT2D eigenvalue weighted by molar-refractivity contribution is 5.59. The van der Waals surface area contributed by atoms with E-state index in [1.165, 1.54) is 12.1 Å². The zero-order chi connectivity index (χ0) is 24.5. The lowest BCUT2D eigenvalue weighted by Gasteiger charge is -2.30. The van der Waals surface area contributed by atoms with Crippen LogP contribution >= 0.6 is 0 Å². The number of anilines is 3. The molecule has 0 bridgehead atoms. The zero-order valence-corrected chi connectivity index (χ0v) is 17.4. The second kappa shape index (κ2) is 9.00. The van der Waals surface area contributed by atoms with Crippen molar-refractivity contribution in [1.29, 1.82) is 0 Å². The Kier molecular flexibility index (Phi) is 6.25. The SMILES string of the molecule is NC1CCCN(c2nc(Nc3ccnc(C(F)(F)F)c3)nc(-c3cccc(C(F)(F)F)n3)n2)C1. The van der Waals surface area contributed by atoms with Crippen molar-refractivity contribution in [3.63, 3.8) is 0 Å². The van der Waals surface area contributed by atoms with E-state index in [9.17, 15) is 26.3 Å². The standard InChI is InChI=1S/C20H18F6N8/c21-19(22,23)14-5-1-4-13(30-14)16-31-17(29-12-6-7-28-15(9-12)20(24,25)26)33-18(32-16)34-8-2-3-11(27)10-34/h1,4-7,9,11H,2-3,8,10,27H2,(H,28,29,31,32,33). The molecule has 0 aromatic carbocycles. The van der Waals surface area contributed by atoms with Gasteiger partial charge in [-0.1, -0.05) is 6.07 Å². The molecule has 3 aromatic rings. The smallest absolute Gasteiger partial charge is 0.339 e. The van der Waals surface area contributed by atoms with E-state index in [4.69, 9.17) is 5.73 Å². The molecule has 0 spiro atoms. The summed E-state index contributed by atoms with van der Waals surface area (Å²) < 4.78 is 78.5. The van der Waals surface area contributed by atoms with Crippen molar-refractivity contribution in [1.82, 2.24) is 24.9 Å². The van der Waals surface area contributed by atoms with E-state index in [2.05, 4.69) is 30.2 Å². The normalized spacial score (nSPS) is 17.0. The summed E-state index contributed by atoms with van der Waals surface area (Å²) in [5, 5.41) is 2.65. The summed E-state index contributed by atoms with van der Waals surface area (Å²) in [5.74, 6) is -0.229. The molecule has 3 N–H and O–H groups in total. The van der Waals surface area contributed by atoms with Gasteiger partial charge in [-0.15, -0.1) is 0 Å². The van der Waals surface area contributed by atoms with E-state index >= 15 is 0 Å². The summed E-state index contributed by atoms with van der Waals surface area (Å²) in [6.45, 7) is 0.937. The minimum atomic E-state index is -4.68. The van der Waals surface area contributed by atoms with Crippen molar-refractivity contribution in [3.05, 3.63) is 47.9 Å². The quantitative estimate of drug-likeness (QED) is 0.535. The van der Waals surface area contributed by atoms with E-state index in [-0.39, 0.29) is 35.1 Å². The highest BCUT2D eigenvalue weighted by Crippen LogP contribution is 2.31. The molecule has 0 amide bonds. The minimum Gasteiger partial charge on any atom is -0.339 e. The monoisotopic (exact) mass is 484 g/mol. The van der Waals surface area contributed by atoms with Crippen LogP contribution in [0.4, 0.5) is 43.9 Å². The maximum absolute atomic E-state index is 13.1. The molecule has 1 unspecified atom stereocenters. The van der Waals surface area contributed by atoms with Gasteiger partial charge >= 0.3 is 12.4 Å². The molecular formula is C20H18F6N8. The zero-order valence-electron chi connectivity index (χ0n) is 17.4. The molecule has 0 aliphatic carbocycles. The van der Waals surface area contributed by atoms with Crippen LogP contribution in [0.5, 0.6) is 0 Å². The number of rotatable bonds is 4. The Labute approximate surface area is 189 Å². The van der Waals surface area contributed by atoms with Crippen LogP contribution in [0.15, 0.2) is 36.5 Å². The fraction of sp³-hybridized carbons (Fsp3) is 0.350. The molecule has 1 saturated heterocycles. The second-order valence-corrected chi connectivity index (χ2v) is 7.59. The first-order valence-electron chi connectivity index (χ1n) is 10.1. The van der Waals surface area contributed by atoms with Crippen molar-refractivity contribution in [2.75, 3.05) is 23.3 Å². The first-order chi connectivity index (χ1) is 16.0. The van der Waals surface area contributed by atoms with Gasteiger partial charge in [0.1, 0.15) is 17.1 Å². The van der Waals surface area contributed by atoms with E-state index in [0.29, 0.717) is 13.1 Å². The summed E-state index contributed by atoms with van der Waals surface area (Å²) in [5.41, 5.74) is 3.57. The lowest BCUT2D eigenvalue weighted by Crippen LogP contribution is -2.43. The number of alkyl halides is 6. The van der Waals surface area contributed by atoms with Crippen LogP contribution in [0, 0.1) is 0 Å². The Balaban J connectivity index is 1.75. The molecule has 0 saturated carbocycles. The number of nitrogens with zero attached hydrogens (tertiary/aromatic N) is 6. The largest absolute Gasteiger partial charge is 0.433 e. The predicted molar refractivity (Wildman–Crippen MR) is 110 cm³/mol. The Morgan fingerprint density at radius 1 is 0.941 bits per heavy atom. The molecule has 1 aliphatic heterocycles. The molecular weight excluding hydrogens is 466 g/mol. The van der Waals surface area contributed by atoms with E-state index in [1.54, 1.807) is 4.90 Å². The molecule has 8 nitrogen and oxygen atoms in total. The van der Waals surface area contributed by atoms with Crippen LogP contribution in [-0.2, 0) is 12.4 Å². The molecule has 1 atom stereocenters. The van der Waals surface area contributed by atoms with Crippen LogP contribution < -0.4 is 16.0 Å². The highest BCUT2D eigenvalue weighted by Gasteiger charge is 2.33. The van der Waals surface area contributed by atoms with Gasteiger partial charge in [0.2, 0.25) is 11.9 Å². The van der Waals surface area contributed by atoms with E-state index in [1.807, 2.05) is 0 Å². The number of hydrogen-bond acceptors (Lipinski definition) is 8. The number of nitrogens with two attached hydrogens (primary N) is 1. The van der Waals surface area contributed by atoms with Crippen molar-refractivity contribution < 1.29 is 26.3 Å². The average Bonchev–Trinajstić information content (AvgIpc) is 2.78. The van der Waals surface area contributed by atoms with Crippen LogP contribution in [0.1, 0.15) is 24.2 Å². The third-order valence-electron chi connectivity index (χ3n) is 4.94. The van der Waals surface area contributed by atoms with Gasteiger partial charge in [0.25, 0.3) is 0 Å². The average molecular weight is 484 g/mol. The van der Waals surface area contributed by atoms with E-state index < -0.39 is 23.7 Å². The first-order valence-corrected chi connectivity index (χ1v) is 10.1. The number of halogens is 6. The summed E-state index contributed by atoms with van der Waals surface area (Å²) in [4.78, 5) is 21.3. The van der Waals surface area contributed by atoms with Gasteiger partial charge in [-0.2, -0.15) is 41.3 Å². The van der Waals surface area contributed by atoms with Crippen molar-refractivity contribution in [2.45, 2.75) is 31.2 Å². The molecule has 1 aliphatic rings. The Bertz CT molecular complexity index is 1170. The minimum absolute atomic E-state index is 0.0160. The van der Waals surface area contributed by atoms with Gasteiger partial charge in [0.05, 0.1) is 0 Å². The fourth-order valence-corrected chi connectivity index (χ4v) is 3.38. The van der Waals surface area contributed by atoms with Gasteiger partial charge in [-0.05, 0) is 37.1 Å². The summed E-state index contributed by atoms with van der Waals surface area (Å²) >= 11 is 0. The lowest BCUT2D eigenvalue weighted by molar-refractivity contribution is -0.141. The fourth-order valence-electron chi connectivity index (χ4n) is 3.38. The molecule has 4 rings (SSSR count). The second-order valence-electron chi connectivity index (χ2n) is 7.59. The van der Waals surface area contributed by atoms with Gasteiger partial charge < -0.3 is 16.0 Å². The number of aromatic nitrogens is 5. The molecule has 1 fully saturated rings. The molecule has 3 aromatic heterocycles. The van der Waals surface area contributed by atoms with Crippen molar-refractivity contribution in [2.24, 2.45) is 5.73 Å². The Morgan fingerprint density at radius 3 is 2.41 bits per heavy atom. The van der Waals surface area contributed by atoms with Crippen LogP contribution in [-0.4, -0.2) is 44.1 Å². The van der Waals surface area contributed by atoms with Crippen LogP contribution in [0.2, 0.25) is 0 Å². The third-order valence-corrected chi connectivity index (χ3v) is 4.94. The first kappa shape index (κ1) is 23.6. The lowest BCUT2D eigenvalue weighted by atomic mass is 10.1. The number of nitrogens with one attached hydrogen (secondary N) is 1. The maximum atomic E-state index is 13.1. The molecule has 0 radical (unpaired) electrons. The van der Waals surface area contributed by atoms with Gasteiger partial charge in [-0.3, -0.25) is 4.98 Å². The van der Waals surface area contributed by atoms with Gasteiger partial charge in [0.15, 0.2) is 5.82 Å². The molecule has 14 heteroatoms. The molecule has 180 valence electrons. The van der Waals surface area contributed by atoms with Crippen molar-refractivity contribution >= 4 is 17.6 Å². The summed E-state index contributed by atoms with van der Waals surface area (Å²) in [6.07, 6.45) is -6.86. The number of hydrogen-bond donors (Lipinski definition) is 2. The number of pyridine rings is 2.